The normalized spacial score (nSPS) is 12.3. The van der Waals surface area contributed by atoms with Crippen LogP contribution in [0.4, 0.5) is 75.4 Å². The number of benzene rings is 7. The molecule has 0 aromatic heterocycles. The first-order valence-corrected chi connectivity index (χ1v) is 23.0. The maximum absolute atomic E-state index is 15.4. The van der Waals surface area contributed by atoms with Crippen molar-refractivity contribution < 1.29 is 102 Å². The van der Waals surface area contributed by atoms with Crippen LogP contribution in [0.15, 0.2) is 146 Å². The quantitative estimate of drug-likeness (QED) is 0.0292. The van der Waals surface area contributed by atoms with Crippen molar-refractivity contribution >= 4 is 52.2 Å². The zero-order valence-corrected chi connectivity index (χ0v) is 41.1. The van der Waals surface area contributed by atoms with Crippen molar-refractivity contribution in [1.29, 1.82) is 0 Å². The third-order valence-electron chi connectivity index (χ3n) is 12.5. The molecule has 0 aliphatic carbocycles. The van der Waals surface area contributed by atoms with E-state index in [1.54, 1.807) is 0 Å². The van der Waals surface area contributed by atoms with Crippen LogP contribution in [0, 0.1) is 0 Å². The fourth-order valence-electron chi connectivity index (χ4n) is 8.58. The Labute approximate surface area is 448 Å². The molecule has 0 fully saturated rings. The van der Waals surface area contributed by atoms with Gasteiger partial charge in [0, 0.05) is 29.2 Å². The number of anilines is 4. The van der Waals surface area contributed by atoms with Crippen molar-refractivity contribution in [2.75, 3.05) is 21.3 Å². The van der Waals surface area contributed by atoms with Crippen molar-refractivity contribution in [3.05, 3.63) is 190 Å². The lowest BCUT2D eigenvalue weighted by Crippen LogP contribution is -2.54. The van der Waals surface area contributed by atoms with Gasteiger partial charge in [-0.1, -0.05) is 30.3 Å². The minimum atomic E-state index is -6.33. The highest BCUT2D eigenvalue weighted by Crippen LogP contribution is 2.59. The van der Waals surface area contributed by atoms with Gasteiger partial charge in [0.05, 0.1) is 22.7 Å². The Morgan fingerprint density at radius 1 is 0.358 bits per heavy atom. The van der Waals surface area contributed by atoms with E-state index in [1.807, 2.05) is 16.0 Å². The maximum atomic E-state index is 15.4. The summed E-state index contributed by atoms with van der Waals surface area (Å²) >= 11 is 0. The Bertz CT molecular complexity index is 3570. The first-order valence-electron chi connectivity index (χ1n) is 23.0. The van der Waals surface area contributed by atoms with Crippen LogP contribution >= 0.6 is 0 Å². The lowest BCUT2D eigenvalue weighted by molar-refractivity contribution is -0.290. The molecule has 7 aromatic carbocycles. The Hall–Kier alpha value is -9.75. The number of hydrogen-bond acceptors (Lipinski definition) is 10. The fourth-order valence-corrected chi connectivity index (χ4v) is 8.58. The van der Waals surface area contributed by atoms with E-state index in [4.69, 9.17) is 4.74 Å². The van der Waals surface area contributed by atoms with Crippen LogP contribution in [-0.2, 0) is 15.6 Å². The van der Waals surface area contributed by atoms with E-state index >= 15 is 52.7 Å². The van der Waals surface area contributed by atoms with Gasteiger partial charge in [-0.15, -0.1) is 0 Å². The number of aromatic hydroxyl groups is 4. The summed E-state index contributed by atoms with van der Waals surface area (Å²) in [5.74, 6) is -8.79. The molecule has 8 N–H and O–H groups in total. The summed E-state index contributed by atoms with van der Waals surface area (Å²) in [5, 5.41) is 49.8. The molecule has 7 aromatic rings. The first kappa shape index (κ1) is 58.9. The Morgan fingerprint density at radius 3 is 0.926 bits per heavy atom. The summed E-state index contributed by atoms with van der Waals surface area (Å²) in [6.07, 6.45) is -25.2. The molecule has 0 spiro atoms. The summed E-state index contributed by atoms with van der Waals surface area (Å²) in [5.41, 5.74) is -21.6. The standard InChI is InChI=1S/C55H38F12N4O10/c1-27(72)29-6-14-37(15-7-29)81-38-16-8-30(9-17-38)47(78)69-40-24-34(11-19-44(40)75)51(54(62,63)64,55(65,66)67)36-13-21-46(77)42(26-36)71-49(80)32-5-3-4-31(22-32)48(79)70-41-25-35(12-20-45(41)76)50(52(56,57)58,53(59,60)61)33-10-18-43(74)39(23-33)68-28(2)73/h3-26,74-77H,1-2H3,(H,68,73)(H,69,78)(H,70,79)(H,71,80). The molecule has 0 radical (unpaired) electrons. The van der Waals surface area contributed by atoms with Crippen molar-refractivity contribution in [1.82, 2.24) is 0 Å². The SMILES string of the molecule is CC(=O)Nc1cc(C(c2ccc(O)c(NC(=O)c3cccc(C(=O)Nc4cc(C(c5ccc(O)c(NC(=O)c6ccc(Oc7ccc(C(C)=O)cc7)cc6)c5)(C(F)(F)F)C(F)(F)F)ccc4O)c3)c2)(C(F)(F)F)C(F)(F)F)ccc1O. The molecule has 0 heterocycles. The molecule has 0 saturated carbocycles. The van der Waals surface area contributed by atoms with Gasteiger partial charge in [0.2, 0.25) is 16.7 Å². The van der Waals surface area contributed by atoms with Gasteiger partial charge in [0.15, 0.2) is 5.78 Å². The van der Waals surface area contributed by atoms with E-state index in [0.29, 0.717) is 41.6 Å². The lowest BCUT2D eigenvalue weighted by Gasteiger charge is -2.38. The average molecular weight is 1140 g/mol. The highest BCUT2D eigenvalue weighted by atomic mass is 19.4. The summed E-state index contributed by atoms with van der Waals surface area (Å²) in [4.78, 5) is 63.7. The molecular formula is C55H38F12N4O10. The van der Waals surface area contributed by atoms with Crippen LogP contribution in [-0.4, -0.2) is 74.5 Å². The number of phenolic OH excluding ortho intramolecular Hbond substituents is 4. The number of ether oxygens (including phenoxy) is 1. The lowest BCUT2D eigenvalue weighted by atomic mass is 9.72. The molecule has 422 valence electrons. The van der Waals surface area contributed by atoms with E-state index in [1.165, 1.54) is 55.5 Å². The predicted octanol–water partition coefficient (Wildman–Crippen LogP) is 13.0. The molecule has 14 nitrogen and oxygen atoms in total. The van der Waals surface area contributed by atoms with Crippen LogP contribution in [0.2, 0.25) is 0 Å². The molecule has 0 aliphatic rings. The number of ketones is 1. The Kier molecular flexibility index (Phi) is 15.9. The number of phenols is 4. The number of rotatable bonds is 14. The van der Waals surface area contributed by atoms with Gasteiger partial charge in [-0.3, -0.25) is 24.0 Å². The Balaban J connectivity index is 1.16. The second kappa shape index (κ2) is 21.8. The van der Waals surface area contributed by atoms with Gasteiger partial charge in [-0.2, -0.15) is 52.7 Å². The Morgan fingerprint density at radius 2 is 0.642 bits per heavy atom. The van der Waals surface area contributed by atoms with Crippen molar-refractivity contribution in [3.63, 3.8) is 0 Å². The third-order valence-corrected chi connectivity index (χ3v) is 12.5. The molecule has 0 aliphatic heterocycles. The average Bonchev–Trinajstić information content (AvgIpc) is 3.03. The molecule has 7 rings (SSSR count). The maximum Gasteiger partial charge on any atom is 0.411 e. The number of carbonyl (C=O) groups excluding carboxylic acids is 5. The number of Topliss-reactive ketones (excluding diaryl/α,β-unsaturated/α-hetero) is 1. The van der Waals surface area contributed by atoms with Gasteiger partial charge >= 0.3 is 24.7 Å². The zero-order valence-electron chi connectivity index (χ0n) is 41.1. The van der Waals surface area contributed by atoms with Crippen LogP contribution in [0.1, 0.15) is 77.5 Å². The van der Waals surface area contributed by atoms with Gasteiger partial charge in [0.1, 0.15) is 34.5 Å². The third kappa shape index (κ3) is 11.6. The van der Waals surface area contributed by atoms with Crippen LogP contribution in [0.5, 0.6) is 34.5 Å². The predicted molar refractivity (Wildman–Crippen MR) is 266 cm³/mol. The second-order valence-electron chi connectivity index (χ2n) is 17.8. The van der Waals surface area contributed by atoms with Crippen molar-refractivity contribution in [2.45, 2.75) is 49.4 Å². The van der Waals surface area contributed by atoms with Crippen LogP contribution < -0.4 is 26.0 Å². The molecule has 0 unspecified atom stereocenters. The van der Waals surface area contributed by atoms with Gasteiger partial charge in [-0.05, 0) is 144 Å². The van der Waals surface area contributed by atoms with E-state index < -0.39 is 138 Å². The molecule has 4 amide bonds. The highest BCUT2D eigenvalue weighted by Gasteiger charge is 2.74. The first-order chi connectivity index (χ1) is 37.7. The number of carbonyl (C=O) groups is 5. The van der Waals surface area contributed by atoms with Crippen molar-refractivity contribution in [3.8, 4) is 34.5 Å². The summed E-state index contributed by atoms with van der Waals surface area (Å²) in [6, 6.07) is 17.8. The van der Waals surface area contributed by atoms with Crippen LogP contribution in [0.25, 0.3) is 0 Å². The molecule has 81 heavy (non-hydrogen) atoms. The number of halogens is 12. The molecule has 0 bridgehead atoms. The molecular weight excluding hydrogens is 1100 g/mol. The topological polar surface area (TPSA) is 224 Å². The van der Waals surface area contributed by atoms with E-state index in [2.05, 4.69) is 5.32 Å². The van der Waals surface area contributed by atoms with Crippen LogP contribution in [0.3, 0.4) is 0 Å². The molecule has 26 heteroatoms. The number of nitrogens with one attached hydrogen (secondary N) is 4. The number of alkyl halides is 12. The highest BCUT2D eigenvalue weighted by molar-refractivity contribution is 6.09. The minimum Gasteiger partial charge on any atom is -0.506 e. The molecule has 0 saturated heterocycles. The monoisotopic (exact) mass is 1140 g/mol. The van der Waals surface area contributed by atoms with Gasteiger partial charge in [0.25, 0.3) is 17.7 Å². The second-order valence-corrected chi connectivity index (χ2v) is 17.8. The van der Waals surface area contributed by atoms with E-state index in [9.17, 15) is 44.4 Å². The summed E-state index contributed by atoms with van der Waals surface area (Å²) in [6.45, 7) is 2.21. The smallest absolute Gasteiger partial charge is 0.411 e. The summed E-state index contributed by atoms with van der Waals surface area (Å²) < 4.78 is 188. The van der Waals surface area contributed by atoms with E-state index in [-0.39, 0.29) is 65.6 Å². The summed E-state index contributed by atoms with van der Waals surface area (Å²) in [7, 11) is 0. The largest absolute Gasteiger partial charge is 0.506 e. The zero-order chi connectivity index (χ0) is 59.8. The number of amides is 4. The fraction of sp³-hybridized carbons (Fsp3) is 0.145. The number of hydrogen-bond donors (Lipinski definition) is 8. The molecule has 0 atom stereocenters. The minimum absolute atomic E-state index is 0.119. The van der Waals surface area contributed by atoms with Gasteiger partial charge in [-0.25, -0.2) is 0 Å². The van der Waals surface area contributed by atoms with Gasteiger partial charge < -0.3 is 46.4 Å². The van der Waals surface area contributed by atoms with Crippen molar-refractivity contribution in [2.24, 2.45) is 0 Å². The van der Waals surface area contributed by atoms with E-state index in [0.717, 1.165) is 25.1 Å².